The number of rotatable bonds is 7. The van der Waals surface area contributed by atoms with Gasteiger partial charge in [0.2, 0.25) is 0 Å². The highest BCUT2D eigenvalue weighted by molar-refractivity contribution is 6.31. The van der Waals surface area contributed by atoms with E-state index in [0.29, 0.717) is 13.0 Å². The quantitative estimate of drug-likeness (QED) is 0.747. The monoisotopic (exact) mass is 381 g/mol. The molecule has 0 spiro atoms. The summed E-state index contributed by atoms with van der Waals surface area (Å²) in [5.41, 5.74) is 0.897. The maximum atomic E-state index is 13.7. The van der Waals surface area contributed by atoms with E-state index in [9.17, 15) is 18.4 Å². The van der Waals surface area contributed by atoms with Gasteiger partial charge in [0.15, 0.2) is 6.10 Å². The van der Waals surface area contributed by atoms with Crippen molar-refractivity contribution in [3.05, 3.63) is 70.2 Å². The molecule has 2 rings (SSSR count). The lowest BCUT2D eigenvalue weighted by atomic mass is 10.1. The number of ether oxygens (including phenoxy) is 1. The first-order valence-electron chi connectivity index (χ1n) is 8.01. The van der Waals surface area contributed by atoms with Gasteiger partial charge in [-0.2, -0.15) is 0 Å². The van der Waals surface area contributed by atoms with E-state index in [-0.39, 0.29) is 22.8 Å². The second-order valence-electron chi connectivity index (χ2n) is 5.68. The molecule has 4 nitrogen and oxygen atoms in total. The molecule has 138 valence electrons. The van der Waals surface area contributed by atoms with Crippen molar-refractivity contribution in [2.45, 2.75) is 25.9 Å². The molecule has 1 amide bonds. The van der Waals surface area contributed by atoms with Crippen LogP contribution < -0.4 is 5.32 Å². The van der Waals surface area contributed by atoms with E-state index >= 15 is 0 Å². The average molecular weight is 382 g/mol. The highest BCUT2D eigenvalue weighted by Crippen LogP contribution is 2.20. The molecule has 0 aliphatic carbocycles. The van der Waals surface area contributed by atoms with Crippen molar-refractivity contribution in [3.63, 3.8) is 0 Å². The van der Waals surface area contributed by atoms with Crippen molar-refractivity contribution in [2.24, 2.45) is 0 Å². The number of carbonyl (C=O) groups is 2. The molecule has 0 heterocycles. The number of halogens is 3. The molecule has 2 aromatic rings. The van der Waals surface area contributed by atoms with E-state index < -0.39 is 23.8 Å². The van der Waals surface area contributed by atoms with E-state index in [0.717, 1.165) is 5.56 Å². The zero-order chi connectivity index (χ0) is 19.1. The summed E-state index contributed by atoms with van der Waals surface area (Å²) < 4.78 is 31.5. The third kappa shape index (κ3) is 5.81. The second-order valence-corrected chi connectivity index (χ2v) is 6.08. The number of carbonyl (C=O) groups excluding carboxylic acids is 2. The molecule has 0 saturated heterocycles. The fourth-order valence-electron chi connectivity index (χ4n) is 2.26. The Morgan fingerprint density at radius 1 is 1.15 bits per heavy atom. The summed E-state index contributed by atoms with van der Waals surface area (Å²) in [7, 11) is 0. The van der Waals surface area contributed by atoms with Crippen LogP contribution in [-0.2, 0) is 27.2 Å². The predicted molar refractivity (Wildman–Crippen MR) is 93.8 cm³/mol. The summed E-state index contributed by atoms with van der Waals surface area (Å²) in [5.74, 6) is -2.16. The van der Waals surface area contributed by atoms with Crippen LogP contribution in [0.1, 0.15) is 18.1 Å². The highest BCUT2D eigenvalue weighted by atomic mass is 35.5. The Balaban J connectivity index is 1.79. The minimum Gasteiger partial charge on any atom is -0.452 e. The number of esters is 1. The summed E-state index contributed by atoms with van der Waals surface area (Å²) in [6, 6.07) is 10.0. The summed E-state index contributed by atoms with van der Waals surface area (Å²) in [6.45, 7) is 1.74. The number of hydrogen-bond donors (Lipinski definition) is 1. The van der Waals surface area contributed by atoms with E-state index in [2.05, 4.69) is 5.32 Å². The van der Waals surface area contributed by atoms with E-state index in [1.807, 2.05) is 0 Å². The SMILES string of the molecule is C[C@H](OC(=O)Cc1c(F)cccc1Cl)C(=O)NCCc1ccc(F)cc1. The van der Waals surface area contributed by atoms with E-state index in [1.54, 1.807) is 12.1 Å². The zero-order valence-electron chi connectivity index (χ0n) is 14.1. The van der Waals surface area contributed by atoms with Crippen LogP contribution in [0.25, 0.3) is 0 Å². The molecule has 1 atom stereocenters. The first-order chi connectivity index (χ1) is 12.4. The summed E-state index contributed by atoms with van der Waals surface area (Å²) in [6.07, 6.45) is -0.878. The molecule has 0 aromatic heterocycles. The Labute approximate surface area is 155 Å². The van der Waals surface area contributed by atoms with Gasteiger partial charge in [0.05, 0.1) is 6.42 Å². The molecule has 2 aromatic carbocycles. The van der Waals surface area contributed by atoms with Gasteiger partial charge in [0, 0.05) is 17.1 Å². The second kappa shape index (κ2) is 9.29. The zero-order valence-corrected chi connectivity index (χ0v) is 14.9. The lowest BCUT2D eigenvalue weighted by molar-refractivity contribution is -0.154. The fraction of sp³-hybridized carbons (Fsp3) is 0.263. The molecule has 0 aliphatic heterocycles. The van der Waals surface area contributed by atoms with E-state index in [4.69, 9.17) is 16.3 Å². The summed E-state index contributed by atoms with van der Waals surface area (Å²) in [5, 5.41) is 2.75. The number of nitrogens with one attached hydrogen (secondary N) is 1. The Hall–Kier alpha value is -2.47. The molecule has 0 fully saturated rings. The van der Waals surface area contributed by atoms with Crippen molar-refractivity contribution < 1.29 is 23.1 Å². The molecule has 1 N–H and O–H groups in total. The van der Waals surface area contributed by atoms with Gasteiger partial charge in [-0.1, -0.05) is 29.8 Å². The lowest BCUT2D eigenvalue weighted by Crippen LogP contribution is -2.37. The third-order valence-corrected chi connectivity index (χ3v) is 4.04. The minimum atomic E-state index is -1.03. The Bertz CT molecular complexity index is 761. The van der Waals surface area contributed by atoms with Crippen LogP contribution in [0.15, 0.2) is 42.5 Å². The maximum Gasteiger partial charge on any atom is 0.311 e. The average Bonchev–Trinajstić information content (AvgIpc) is 2.60. The maximum absolute atomic E-state index is 13.7. The van der Waals surface area contributed by atoms with Gasteiger partial charge in [-0.3, -0.25) is 9.59 Å². The summed E-state index contributed by atoms with van der Waals surface area (Å²) in [4.78, 5) is 23.9. The van der Waals surface area contributed by atoms with Gasteiger partial charge in [-0.25, -0.2) is 8.78 Å². The topological polar surface area (TPSA) is 55.4 Å². The van der Waals surface area contributed by atoms with Gasteiger partial charge in [-0.05, 0) is 43.2 Å². The predicted octanol–water partition coefficient (Wildman–Crippen LogP) is 3.45. The van der Waals surface area contributed by atoms with Gasteiger partial charge in [0.25, 0.3) is 5.91 Å². The lowest BCUT2D eigenvalue weighted by Gasteiger charge is -2.14. The van der Waals surface area contributed by atoms with Crippen LogP contribution in [0.5, 0.6) is 0 Å². The first-order valence-corrected chi connectivity index (χ1v) is 8.39. The van der Waals surface area contributed by atoms with Crippen molar-refractivity contribution in [1.29, 1.82) is 0 Å². The number of hydrogen-bond acceptors (Lipinski definition) is 3. The molecule has 0 unspecified atom stereocenters. The number of benzene rings is 2. The van der Waals surface area contributed by atoms with Crippen molar-refractivity contribution >= 4 is 23.5 Å². The Morgan fingerprint density at radius 2 is 1.85 bits per heavy atom. The molecular formula is C19H18ClF2NO3. The normalized spacial score (nSPS) is 11.7. The largest absolute Gasteiger partial charge is 0.452 e. The Kier molecular flexibility index (Phi) is 7.09. The Morgan fingerprint density at radius 3 is 2.50 bits per heavy atom. The fourth-order valence-corrected chi connectivity index (χ4v) is 2.49. The highest BCUT2D eigenvalue weighted by Gasteiger charge is 2.19. The van der Waals surface area contributed by atoms with Crippen LogP contribution in [0.2, 0.25) is 5.02 Å². The first kappa shape index (κ1) is 19.8. The van der Waals surface area contributed by atoms with Gasteiger partial charge < -0.3 is 10.1 Å². The van der Waals surface area contributed by atoms with Gasteiger partial charge >= 0.3 is 5.97 Å². The van der Waals surface area contributed by atoms with Crippen molar-refractivity contribution in [2.75, 3.05) is 6.54 Å². The van der Waals surface area contributed by atoms with Gasteiger partial charge in [0.1, 0.15) is 11.6 Å². The van der Waals surface area contributed by atoms with Crippen LogP contribution in [0, 0.1) is 11.6 Å². The molecule has 0 bridgehead atoms. The number of amides is 1. The third-order valence-electron chi connectivity index (χ3n) is 3.69. The standard InChI is InChI=1S/C19H18ClF2NO3/c1-12(19(25)23-10-9-13-5-7-14(21)8-6-13)26-18(24)11-15-16(20)3-2-4-17(15)22/h2-8,12H,9-11H2,1H3,(H,23,25)/t12-/m0/s1. The van der Waals surface area contributed by atoms with E-state index in [1.165, 1.54) is 37.3 Å². The van der Waals surface area contributed by atoms with Crippen LogP contribution in [-0.4, -0.2) is 24.5 Å². The molecule has 0 saturated carbocycles. The molecule has 0 radical (unpaired) electrons. The van der Waals surface area contributed by atoms with Gasteiger partial charge in [-0.15, -0.1) is 0 Å². The smallest absolute Gasteiger partial charge is 0.311 e. The van der Waals surface area contributed by atoms with Crippen LogP contribution in [0.4, 0.5) is 8.78 Å². The van der Waals surface area contributed by atoms with Crippen molar-refractivity contribution in [1.82, 2.24) is 5.32 Å². The van der Waals surface area contributed by atoms with Crippen LogP contribution >= 0.6 is 11.6 Å². The molecule has 7 heteroatoms. The molecule has 26 heavy (non-hydrogen) atoms. The molecular weight excluding hydrogens is 364 g/mol. The minimum absolute atomic E-state index is 0.0306. The van der Waals surface area contributed by atoms with Crippen molar-refractivity contribution in [3.8, 4) is 0 Å². The summed E-state index contributed by atoms with van der Waals surface area (Å²) >= 11 is 5.86. The van der Waals surface area contributed by atoms with Crippen LogP contribution in [0.3, 0.4) is 0 Å². The molecule has 0 aliphatic rings.